The number of nitrogens with one attached hydrogen (secondary N) is 1. The van der Waals surface area contributed by atoms with Gasteiger partial charge in [0.15, 0.2) is 0 Å². The van der Waals surface area contributed by atoms with Crippen LogP contribution >= 0.6 is 0 Å². The zero-order valence-corrected chi connectivity index (χ0v) is 10.8. The van der Waals surface area contributed by atoms with Gasteiger partial charge in [0.05, 0.1) is 5.52 Å². The standard InChI is InChI=1S/C12H11N3.C2H4O2/c1-7-12-8-4-2-3-5-9(8)15-10(12)6-11(13)14-7;1-2(3)4/h2-6,15H,1H3,(H2,13,14);1H3,(H,3,4). The molecule has 0 unspecified atom stereocenters. The molecule has 2 heterocycles. The van der Waals surface area contributed by atoms with Crippen molar-refractivity contribution in [2.24, 2.45) is 0 Å². The second-order valence-electron chi connectivity index (χ2n) is 4.24. The highest BCUT2D eigenvalue weighted by atomic mass is 16.4. The van der Waals surface area contributed by atoms with Gasteiger partial charge in [0, 0.05) is 35.0 Å². The minimum Gasteiger partial charge on any atom is -0.481 e. The fourth-order valence-corrected chi connectivity index (χ4v) is 2.09. The normalized spacial score (nSPS) is 10.2. The molecule has 5 heteroatoms. The van der Waals surface area contributed by atoms with Gasteiger partial charge in [-0.3, -0.25) is 4.79 Å². The first-order chi connectivity index (χ1) is 8.99. The van der Waals surface area contributed by atoms with Crippen LogP contribution in [0.4, 0.5) is 5.82 Å². The third kappa shape index (κ3) is 2.65. The maximum atomic E-state index is 9.00. The summed E-state index contributed by atoms with van der Waals surface area (Å²) in [6.45, 7) is 3.07. The lowest BCUT2D eigenvalue weighted by atomic mass is 10.1. The van der Waals surface area contributed by atoms with Crippen LogP contribution in [-0.4, -0.2) is 21.0 Å². The zero-order chi connectivity index (χ0) is 14.0. The van der Waals surface area contributed by atoms with Crippen molar-refractivity contribution in [3.8, 4) is 0 Å². The number of hydrogen-bond donors (Lipinski definition) is 3. The average molecular weight is 257 g/mol. The number of para-hydroxylation sites is 1. The number of nitrogen functional groups attached to an aromatic ring is 1. The van der Waals surface area contributed by atoms with E-state index in [1.54, 1.807) is 0 Å². The molecule has 0 bridgehead atoms. The molecule has 0 fully saturated rings. The van der Waals surface area contributed by atoms with Gasteiger partial charge >= 0.3 is 0 Å². The number of carbonyl (C=O) groups is 1. The van der Waals surface area contributed by atoms with Gasteiger partial charge in [-0.05, 0) is 13.0 Å². The summed E-state index contributed by atoms with van der Waals surface area (Å²) in [7, 11) is 0. The molecule has 0 spiro atoms. The van der Waals surface area contributed by atoms with Crippen LogP contribution in [0.15, 0.2) is 30.3 Å². The van der Waals surface area contributed by atoms with Crippen molar-refractivity contribution in [2.75, 3.05) is 5.73 Å². The second kappa shape index (κ2) is 4.97. The molecule has 98 valence electrons. The molecule has 0 amide bonds. The number of aryl methyl sites for hydroxylation is 1. The number of nitrogens with two attached hydrogens (primary N) is 1. The van der Waals surface area contributed by atoms with Gasteiger partial charge in [0.25, 0.3) is 5.97 Å². The molecule has 19 heavy (non-hydrogen) atoms. The first-order valence-corrected chi connectivity index (χ1v) is 5.82. The molecule has 0 aliphatic heterocycles. The first-order valence-electron chi connectivity index (χ1n) is 5.82. The number of anilines is 1. The number of aromatic amines is 1. The van der Waals surface area contributed by atoms with Crippen molar-refractivity contribution in [3.63, 3.8) is 0 Å². The predicted molar refractivity (Wildman–Crippen MR) is 76.1 cm³/mol. The molecule has 0 saturated heterocycles. The molecular formula is C14H15N3O2. The largest absolute Gasteiger partial charge is 0.481 e. The van der Waals surface area contributed by atoms with Crippen molar-refractivity contribution in [1.82, 2.24) is 9.97 Å². The van der Waals surface area contributed by atoms with Crippen molar-refractivity contribution in [3.05, 3.63) is 36.0 Å². The third-order valence-corrected chi connectivity index (χ3v) is 2.69. The Morgan fingerprint density at radius 3 is 2.63 bits per heavy atom. The Balaban J connectivity index is 0.000000297. The van der Waals surface area contributed by atoms with E-state index in [0.29, 0.717) is 5.82 Å². The summed E-state index contributed by atoms with van der Waals surface area (Å²) in [4.78, 5) is 16.6. The number of benzene rings is 1. The summed E-state index contributed by atoms with van der Waals surface area (Å²) in [5.74, 6) is -0.272. The van der Waals surface area contributed by atoms with Crippen LogP contribution in [-0.2, 0) is 4.79 Å². The molecule has 0 aliphatic rings. The van der Waals surface area contributed by atoms with Gasteiger partial charge in [0.2, 0.25) is 0 Å². The molecule has 0 atom stereocenters. The van der Waals surface area contributed by atoms with Crippen LogP contribution < -0.4 is 5.73 Å². The number of aromatic nitrogens is 2. The van der Waals surface area contributed by atoms with Gasteiger partial charge < -0.3 is 15.8 Å². The monoisotopic (exact) mass is 257 g/mol. The summed E-state index contributed by atoms with van der Waals surface area (Å²) in [6.07, 6.45) is 0. The number of fused-ring (bicyclic) bond motifs is 3. The molecule has 4 N–H and O–H groups in total. The van der Waals surface area contributed by atoms with E-state index in [4.69, 9.17) is 15.6 Å². The second-order valence-corrected chi connectivity index (χ2v) is 4.24. The molecule has 1 aromatic carbocycles. The Kier molecular flexibility index (Phi) is 3.37. The molecule has 3 rings (SSSR count). The number of hydrogen-bond acceptors (Lipinski definition) is 3. The quantitative estimate of drug-likeness (QED) is 0.577. The molecule has 2 aromatic heterocycles. The van der Waals surface area contributed by atoms with Crippen LogP contribution in [0.3, 0.4) is 0 Å². The Bertz CT molecular complexity index is 743. The topological polar surface area (TPSA) is 92.0 Å². The SMILES string of the molecule is CC(=O)O.Cc1nc(N)cc2[nH]c3ccccc3c12. The summed E-state index contributed by atoms with van der Waals surface area (Å²) >= 11 is 0. The van der Waals surface area contributed by atoms with Crippen molar-refractivity contribution in [2.45, 2.75) is 13.8 Å². The maximum absolute atomic E-state index is 9.00. The van der Waals surface area contributed by atoms with E-state index in [9.17, 15) is 0 Å². The Morgan fingerprint density at radius 1 is 1.32 bits per heavy atom. The third-order valence-electron chi connectivity index (χ3n) is 2.69. The van der Waals surface area contributed by atoms with Gasteiger partial charge in [-0.2, -0.15) is 0 Å². The highest BCUT2D eigenvalue weighted by molar-refractivity contribution is 6.08. The first kappa shape index (κ1) is 12.9. The Morgan fingerprint density at radius 2 is 1.95 bits per heavy atom. The van der Waals surface area contributed by atoms with E-state index in [2.05, 4.69) is 22.1 Å². The summed E-state index contributed by atoms with van der Waals surface area (Å²) in [5, 5.41) is 9.79. The summed E-state index contributed by atoms with van der Waals surface area (Å²) in [5.41, 5.74) is 8.87. The van der Waals surface area contributed by atoms with E-state index >= 15 is 0 Å². The number of nitrogens with zero attached hydrogens (tertiary/aromatic N) is 1. The minimum absolute atomic E-state index is 0.562. The Labute approximate surface area is 110 Å². The van der Waals surface area contributed by atoms with Gasteiger partial charge in [-0.15, -0.1) is 0 Å². The van der Waals surface area contributed by atoms with Crippen LogP contribution in [0.1, 0.15) is 12.6 Å². The van der Waals surface area contributed by atoms with Gasteiger partial charge in [-0.25, -0.2) is 4.98 Å². The fourth-order valence-electron chi connectivity index (χ4n) is 2.09. The number of carboxylic acids is 1. The highest BCUT2D eigenvalue weighted by Gasteiger charge is 2.07. The van der Waals surface area contributed by atoms with Crippen molar-refractivity contribution in [1.29, 1.82) is 0 Å². The number of carboxylic acid groups (broad SMARTS) is 1. The minimum atomic E-state index is -0.833. The van der Waals surface area contributed by atoms with Crippen LogP contribution in [0, 0.1) is 6.92 Å². The van der Waals surface area contributed by atoms with Gasteiger partial charge in [-0.1, -0.05) is 18.2 Å². The van der Waals surface area contributed by atoms with Crippen LogP contribution in [0.2, 0.25) is 0 Å². The van der Waals surface area contributed by atoms with E-state index in [0.717, 1.165) is 23.7 Å². The maximum Gasteiger partial charge on any atom is 0.300 e. The zero-order valence-electron chi connectivity index (χ0n) is 10.8. The summed E-state index contributed by atoms with van der Waals surface area (Å²) < 4.78 is 0. The molecule has 3 aromatic rings. The molecule has 0 saturated carbocycles. The number of H-pyrrole nitrogens is 1. The van der Waals surface area contributed by atoms with Crippen molar-refractivity contribution >= 4 is 33.6 Å². The van der Waals surface area contributed by atoms with Crippen molar-refractivity contribution < 1.29 is 9.90 Å². The Hall–Kier alpha value is -2.56. The van der Waals surface area contributed by atoms with E-state index < -0.39 is 5.97 Å². The molecular weight excluding hydrogens is 242 g/mol. The average Bonchev–Trinajstić information content (AvgIpc) is 2.65. The number of pyridine rings is 1. The fraction of sp³-hybridized carbons (Fsp3) is 0.143. The van der Waals surface area contributed by atoms with Crippen LogP contribution in [0.25, 0.3) is 21.8 Å². The van der Waals surface area contributed by atoms with E-state index in [-0.39, 0.29) is 0 Å². The lowest BCUT2D eigenvalue weighted by molar-refractivity contribution is -0.134. The number of aliphatic carboxylic acids is 1. The molecule has 5 nitrogen and oxygen atoms in total. The molecule has 0 aliphatic carbocycles. The smallest absolute Gasteiger partial charge is 0.300 e. The van der Waals surface area contributed by atoms with E-state index in [1.165, 1.54) is 10.8 Å². The van der Waals surface area contributed by atoms with E-state index in [1.807, 2.05) is 25.1 Å². The highest BCUT2D eigenvalue weighted by Crippen LogP contribution is 2.27. The van der Waals surface area contributed by atoms with Gasteiger partial charge in [0.1, 0.15) is 5.82 Å². The predicted octanol–water partition coefficient (Wildman–Crippen LogP) is 2.70. The molecule has 0 radical (unpaired) electrons. The lowest BCUT2D eigenvalue weighted by Crippen LogP contribution is -1.91. The van der Waals surface area contributed by atoms with Crippen LogP contribution in [0.5, 0.6) is 0 Å². The lowest BCUT2D eigenvalue weighted by Gasteiger charge is -1.98. The number of rotatable bonds is 0. The summed E-state index contributed by atoms with van der Waals surface area (Å²) in [6, 6.07) is 10.1.